The highest BCUT2D eigenvalue weighted by atomic mass is 16.1. The summed E-state index contributed by atoms with van der Waals surface area (Å²) in [5.74, 6) is 0.328. The van der Waals surface area contributed by atoms with Gasteiger partial charge in [0.2, 0.25) is 5.91 Å². The lowest BCUT2D eigenvalue weighted by Gasteiger charge is -2.23. The van der Waals surface area contributed by atoms with Crippen molar-refractivity contribution in [3.63, 3.8) is 0 Å². The van der Waals surface area contributed by atoms with Gasteiger partial charge in [-0.25, -0.2) is 0 Å². The van der Waals surface area contributed by atoms with Gasteiger partial charge in [0, 0.05) is 12.5 Å². The molecule has 0 heterocycles. The number of hydrogen-bond donors (Lipinski definition) is 1. The third-order valence-corrected chi connectivity index (χ3v) is 5.13. The summed E-state index contributed by atoms with van der Waals surface area (Å²) in [4.78, 5) is 12.1. The highest BCUT2D eigenvalue weighted by molar-refractivity contribution is 5.80. The van der Waals surface area contributed by atoms with Crippen LogP contribution in [-0.2, 0) is 4.79 Å². The highest BCUT2D eigenvalue weighted by Gasteiger charge is 2.22. The maximum absolute atomic E-state index is 12.1. The number of hydrogen-bond acceptors (Lipinski definition) is 1. The fraction of sp³-hybridized carbons (Fsp3) is 0.810. The predicted octanol–water partition coefficient (Wildman–Crippen LogP) is 5.97. The summed E-state index contributed by atoms with van der Waals surface area (Å²) in [6, 6.07) is 0. The van der Waals surface area contributed by atoms with Gasteiger partial charge >= 0.3 is 0 Å². The normalized spacial score (nSPS) is 18.3. The lowest BCUT2D eigenvalue weighted by Crippen LogP contribution is -2.33. The van der Waals surface area contributed by atoms with E-state index in [1.54, 1.807) is 0 Å². The summed E-state index contributed by atoms with van der Waals surface area (Å²) in [7, 11) is 0. The molecule has 0 aromatic heterocycles. The second-order valence-corrected chi connectivity index (χ2v) is 7.28. The van der Waals surface area contributed by atoms with E-state index in [1.165, 1.54) is 68.9 Å². The van der Waals surface area contributed by atoms with Crippen molar-refractivity contribution in [2.75, 3.05) is 6.54 Å². The molecule has 0 saturated carbocycles. The fourth-order valence-electron chi connectivity index (χ4n) is 3.24. The molecule has 2 nitrogen and oxygen atoms in total. The molecule has 0 aromatic rings. The second kappa shape index (κ2) is 12.6. The number of amides is 1. The van der Waals surface area contributed by atoms with E-state index >= 15 is 0 Å². The zero-order valence-corrected chi connectivity index (χ0v) is 15.8. The lowest BCUT2D eigenvalue weighted by atomic mass is 9.84. The molecule has 133 valence electrons. The van der Waals surface area contributed by atoms with Crippen LogP contribution >= 0.6 is 0 Å². The van der Waals surface area contributed by atoms with Gasteiger partial charge < -0.3 is 5.32 Å². The van der Waals surface area contributed by atoms with Crippen LogP contribution in [0.1, 0.15) is 97.8 Å². The molecular weight excluding hydrogens is 282 g/mol. The van der Waals surface area contributed by atoms with Gasteiger partial charge in [-0.2, -0.15) is 0 Å². The van der Waals surface area contributed by atoms with Gasteiger partial charge in [-0.15, -0.1) is 0 Å². The van der Waals surface area contributed by atoms with Gasteiger partial charge in [0.05, 0.1) is 0 Å². The van der Waals surface area contributed by atoms with Crippen molar-refractivity contribution in [1.29, 1.82) is 0 Å². The van der Waals surface area contributed by atoms with Gasteiger partial charge in [-0.05, 0) is 39.5 Å². The fourth-order valence-corrected chi connectivity index (χ4v) is 3.24. The first kappa shape index (κ1) is 20.3. The van der Waals surface area contributed by atoms with Crippen molar-refractivity contribution in [2.24, 2.45) is 5.92 Å². The van der Waals surface area contributed by atoms with E-state index in [0.717, 1.165) is 25.8 Å². The van der Waals surface area contributed by atoms with E-state index < -0.39 is 0 Å². The molecule has 0 spiro atoms. The number of unbranched alkanes of at least 4 members (excludes halogenated alkanes) is 9. The van der Waals surface area contributed by atoms with Crippen molar-refractivity contribution in [2.45, 2.75) is 97.8 Å². The van der Waals surface area contributed by atoms with Gasteiger partial charge in [-0.1, -0.05) is 75.9 Å². The number of nitrogens with one attached hydrogen (secondary N) is 1. The third-order valence-electron chi connectivity index (χ3n) is 5.13. The minimum atomic E-state index is 0.0989. The van der Waals surface area contributed by atoms with Gasteiger partial charge in [-0.3, -0.25) is 4.79 Å². The molecule has 1 aliphatic rings. The Bertz CT molecular complexity index is 359. The van der Waals surface area contributed by atoms with Crippen molar-refractivity contribution < 1.29 is 4.79 Å². The molecule has 0 bridgehead atoms. The Morgan fingerprint density at radius 1 is 0.957 bits per heavy atom. The standard InChI is InChI=1S/C21H38NO/c1-4-5-6-7-8-9-10-11-12-13-16-22-21(23)20-15-14-18(2)19(3)17-20/h15,20H,4-14,16-17H2,1-3H3,(H,22,23). The Kier molecular flexibility index (Phi) is 11.1. The van der Waals surface area contributed by atoms with Crippen molar-refractivity contribution in [3.05, 3.63) is 17.6 Å². The largest absolute Gasteiger partial charge is 0.356 e. The molecule has 0 aromatic carbocycles. The Morgan fingerprint density at radius 2 is 1.52 bits per heavy atom. The van der Waals surface area contributed by atoms with Crippen LogP contribution in [-0.4, -0.2) is 12.5 Å². The van der Waals surface area contributed by atoms with E-state index in [2.05, 4.69) is 32.5 Å². The Balaban J connectivity index is 1.92. The third kappa shape index (κ3) is 9.17. The Labute approximate surface area is 144 Å². The monoisotopic (exact) mass is 320 g/mol. The van der Waals surface area contributed by atoms with E-state index in [9.17, 15) is 4.79 Å². The molecule has 1 unspecified atom stereocenters. The summed E-state index contributed by atoms with van der Waals surface area (Å²) in [5, 5.41) is 3.12. The zero-order valence-electron chi connectivity index (χ0n) is 15.8. The topological polar surface area (TPSA) is 29.1 Å². The van der Waals surface area contributed by atoms with Crippen LogP contribution in [0.15, 0.2) is 11.1 Å². The molecule has 1 radical (unpaired) electrons. The molecule has 1 atom stereocenters. The molecule has 1 amide bonds. The molecule has 1 rings (SSSR count). The minimum Gasteiger partial charge on any atom is -0.356 e. The van der Waals surface area contributed by atoms with E-state index in [1.807, 2.05) is 0 Å². The summed E-state index contributed by atoms with van der Waals surface area (Å²) in [6.07, 6.45) is 17.5. The lowest BCUT2D eigenvalue weighted by molar-refractivity contribution is -0.124. The maximum Gasteiger partial charge on any atom is 0.223 e. The second-order valence-electron chi connectivity index (χ2n) is 7.28. The summed E-state index contributed by atoms with van der Waals surface area (Å²) in [6.45, 7) is 7.44. The van der Waals surface area contributed by atoms with Gasteiger partial charge in [0.15, 0.2) is 0 Å². The molecule has 2 heteroatoms. The van der Waals surface area contributed by atoms with Crippen molar-refractivity contribution >= 4 is 5.91 Å². The Morgan fingerprint density at radius 3 is 2.09 bits per heavy atom. The molecule has 23 heavy (non-hydrogen) atoms. The van der Waals surface area contributed by atoms with E-state index in [4.69, 9.17) is 0 Å². The van der Waals surface area contributed by atoms with Crippen LogP contribution in [0.2, 0.25) is 0 Å². The minimum absolute atomic E-state index is 0.0989. The summed E-state index contributed by atoms with van der Waals surface area (Å²) in [5.41, 5.74) is 2.83. The Hall–Kier alpha value is -0.790. The van der Waals surface area contributed by atoms with Gasteiger partial charge in [0.1, 0.15) is 0 Å². The quantitative estimate of drug-likeness (QED) is 0.348. The van der Waals surface area contributed by atoms with Crippen LogP contribution in [0.4, 0.5) is 0 Å². The SMILES string of the molecule is CCCCCCCCCCCCNC(=O)C1[CH]CC(C)=C(C)C1. The number of carbonyl (C=O) groups excluding carboxylic acids is 1. The predicted molar refractivity (Wildman–Crippen MR) is 100 cm³/mol. The average molecular weight is 321 g/mol. The molecule has 0 aliphatic heterocycles. The van der Waals surface area contributed by atoms with Crippen LogP contribution in [0.3, 0.4) is 0 Å². The number of allylic oxidation sites excluding steroid dienone is 2. The molecule has 1 aliphatic carbocycles. The molecular formula is C21H38NO. The van der Waals surface area contributed by atoms with Gasteiger partial charge in [0.25, 0.3) is 0 Å². The first-order valence-corrected chi connectivity index (χ1v) is 9.91. The van der Waals surface area contributed by atoms with Crippen molar-refractivity contribution in [3.8, 4) is 0 Å². The van der Waals surface area contributed by atoms with Crippen LogP contribution in [0.25, 0.3) is 0 Å². The smallest absolute Gasteiger partial charge is 0.223 e. The molecule has 1 N–H and O–H groups in total. The van der Waals surface area contributed by atoms with E-state index in [-0.39, 0.29) is 11.8 Å². The summed E-state index contributed by atoms with van der Waals surface area (Å²) >= 11 is 0. The van der Waals surface area contributed by atoms with Crippen LogP contribution < -0.4 is 5.32 Å². The molecule has 0 fully saturated rings. The average Bonchev–Trinajstić information content (AvgIpc) is 2.55. The maximum atomic E-state index is 12.1. The van der Waals surface area contributed by atoms with Crippen LogP contribution in [0.5, 0.6) is 0 Å². The highest BCUT2D eigenvalue weighted by Crippen LogP contribution is 2.28. The van der Waals surface area contributed by atoms with E-state index in [0.29, 0.717) is 0 Å². The number of rotatable bonds is 12. The van der Waals surface area contributed by atoms with Crippen molar-refractivity contribution in [1.82, 2.24) is 5.32 Å². The first-order chi connectivity index (χ1) is 11.1. The first-order valence-electron chi connectivity index (χ1n) is 9.91. The summed E-state index contributed by atoms with van der Waals surface area (Å²) < 4.78 is 0. The zero-order chi connectivity index (χ0) is 16.9. The molecule has 0 saturated heterocycles. The number of carbonyl (C=O) groups is 1. The van der Waals surface area contributed by atoms with Crippen LogP contribution in [0, 0.1) is 12.3 Å².